The van der Waals surface area contributed by atoms with Crippen molar-refractivity contribution in [3.05, 3.63) is 47.8 Å². The van der Waals surface area contributed by atoms with Gasteiger partial charge in [0.15, 0.2) is 11.5 Å². The van der Waals surface area contributed by atoms with E-state index in [0.717, 1.165) is 10.6 Å². The third kappa shape index (κ3) is 3.29. The van der Waals surface area contributed by atoms with E-state index in [1.807, 2.05) is 29.6 Å². The summed E-state index contributed by atoms with van der Waals surface area (Å²) in [4.78, 5) is 13.6. The van der Waals surface area contributed by atoms with E-state index < -0.39 is 6.10 Å². The molecule has 0 saturated heterocycles. The number of fused-ring (bicyclic) bond motifs is 1. The molecule has 1 amide bonds. The summed E-state index contributed by atoms with van der Waals surface area (Å²) in [6.45, 7) is 0.339. The van der Waals surface area contributed by atoms with E-state index in [-0.39, 0.29) is 25.7 Å². The Labute approximate surface area is 153 Å². The van der Waals surface area contributed by atoms with E-state index in [2.05, 4.69) is 10.4 Å². The molecule has 0 saturated carbocycles. The minimum Gasteiger partial charge on any atom is -0.485 e. The Kier molecular flexibility index (Phi) is 4.59. The van der Waals surface area contributed by atoms with Crippen molar-refractivity contribution in [2.45, 2.75) is 12.6 Å². The molecular formula is C18H17N3O4S. The molecule has 134 valence electrons. The predicted molar refractivity (Wildman–Crippen MR) is 97.6 cm³/mol. The van der Waals surface area contributed by atoms with Crippen LogP contribution in [0.2, 0.25) is 0 Å². The summed E-state index contributed by atoms with van der Waals surface area (Å²) in [7, 11) is 0. The second-order valence-corrected chi connectivity index (χ2v) is 6.64. The van der Waals surface area contributed by atoms with Crippen molar-refractivity contribution in [1.82, 2.24) is 9.78 Å². The molecule has 7 nitrogen and oxygen atoms in total. The molecule has 3 heterocycles. The zero-order valence-electron chi connectivity index (χ0n) is 13.8. The number of hydrogen-bond donors (Lipinski definition) is 2. The zero-order chi connectivity index (χ0) is 17.9. The number of aromatic nitrogens is 2. The van der Waals surface area contributed by atoms with Crippen LogP contribution < -0.4 is 14.8 Å². The SMILES string of the molecule is O=C(Nc1cc(-c2cccs2)nn1CCO)C1COc2ccccc2O1. The highest BCUT2D eigenvalue weighted by molar-refractivity contribution is 7.13. The van der Waals surface area contributed by atoms with Gasteiger partial charge in [0.05, 0.1) is 18.0 Å². The first-order valence-electron chi connectivity index (χ1n) is 8.16. The number of carbonyl (C=O) groups is 1. The van der Waals surface area contributed by atoms with Crippen LogP contribution >= 0.6 is 11.3 Å². The number of nitrogens with one attached hydrogen (secondary N) is 1. The Bertz CT molecular complexity index is 907. The van der Waals surface area contributed by atoms with Gasteiger partial charge in [-0.2, -0.15) is 5.10 Å². The number of carbonyl (C=O) groups excluding carboxylic acids is 1. The first-order valence-corrected chi connectivity index (χ1v) is 9.04. The van der Waals surface area contributed by atoms with Gasteiger partial charge in [-0.15, -0.1) is 11.3 Å². The maximum absolute atomic E-state index is 12.6. The van der Waals surface area contributed by atoms with Crippen molar-refractivity contribution in [3.8, 4) is 22.1 Å². The molecule has 3 aromatic rings. The highest BCUT2D eigenvalue weighted by atomic mass is 32.1. The van der Waals surface area contributed by atoms with Gasteiger partial charge in [0, 0.05) is 6.07 Å². The van der Waals surface area contributed by atoms with Gasteiger partial charge in [0.25, 0.3) is 5.91 Å². The van der Waals surface area contributed by atoms with Gasteiger partial charge in [-0.25, -0.2) is 4.68 Å². The number of ether oxygens (including phenoxy) is 2. The normalized spacial score (nSPS) is 15.7. The Morgan fingerprint density at radius 3 is 2.92 bits per heavy atom. The summed E-state index contributed by atoms with van der Waals surface area (Å²) in [6.07, 6.45) is -0.757. The molecule has 1 aromatic carbocycles. The summed E-state index contributed by atoms with van der Waals surface area (Å²) in [5, 5.41) is 18.5. The van der Waals surface area contributed by atoms with Gasteiger partial charge >= 0.3 is 0 Å². The molecule has 1 aliphatic heterocycles. The van der Waals surface area contributed by atoms with Crippen molar-refractivity contribution in [2.75, 3.05) is 18.5 Å². The van der Waals surface area contributed by atoms with E-state index >= 15 is 0 Å². The minimum absolute atomic E-state index is 0.0785. The van der Waals surface area contributed by atoms with Gasteiger partial charge in [0.2, 0.25) is 6.10 Å². The van der Waals surface area contributed by atoms with Gasteiger partial charge < -0.3 is 19.9 Å². The molecule has 1 aliphatic rings. The third-order valence-electron chi connectivity index (χ3n) is 3.92. The molecule has 1 atom stereocenters. The predicted octanol–water partition coefficient (Wildman–Crippen LogP) is 2.38. The summed E-state index contributed by atoms with van der Waals surface area (Å²) in [6, 6.07) is 12.9. The van der Waals surface area contributed by atoms with Gasteiger partial charge in [0.1, 0.15) is 18.1 Å². The Morgan fingerprint density at radius 1 is 1.31 bits per heavy atom. The minimum atomic E-state index is -0.757. The van der Waals surface area contributed by atoms with Gasteiger partial charge in [-0.3, -0.25) is 4.79 Å². The van der Waals surface area contributed by atoms with E-state index in [0.29, 0.717) is 17.3 Å². The lowest BCUT2D eigenvalue weighted by Crippen LogP contribution is -2.40. The lowest BCUT2D eigenvalue weighted by atomic mass is 10.2. The molecule has 0 spiro atoms. The monoisotopic (exact) mass is 371 g/mol. The topological polar surface area (TPSA) is 85.6 Å². The van der Waals surface area contributed by atoms with Crippen LogP contribution in [0.1, 0.15) is 0 Å². The number of aliphatic hydroxyl groups is 1. The summed E-state index contributed by atoms with van der Waals surface area (Å²) < 4.78 is 12.9. The number of thiophene rings is 1. The molecule has 0 aliphatic carbocycles. The summed E-state index contributed by atoms with van der Waals surface area (Å²) in [5.74, 6) is 1.36. The molecule has 26 heavy (non-hydrogen) atoms. The van der Waals surface area contributed by atoms with E-state index in [1.54, 1.807) is 34.2 Å². The molecule has 2 aromatic heterocycles. The number of rotatable bonds is 5. The number of aliphatic hydroxyl groups excluding tert-OH is 1. The largest absolute Gasteiger partial charge is 0.485 e. The van der Waals surface area contributed by atoms with Crippen molar-refractivity contribution in [1.29, 1.82) is 0 Å². The average molecular weight is 371 g/mol. The summed E-state index contributed by atoms with van der Waals surface area (Å²) in [5.41, 5.74) is 0.745. The number of anilines is 1. The molecule has 0 radical (unpaired) electrons. The highest BCUT2D eigenvalue weighted by Crippen LogP contribution is 2.31. The number of nitrogens with zero attached hydrogens (tertiary/aromatic N) is 2. The van der Waals surface area contributed by atoms with Gasteiger partial charge in [-0.1, -0.05) is 18.2 Å². The number of benzene rings is 1. The maximum Gasteiger partial charge on any atom is 0.270 e. The maximum atomic E-state index is 12.6. The fourth-order valence-electron chi connectivity index (χ4n) is 2.68. The van der Waals surface area contributed by atoms with E-state index in [4.69, 9.17) is 9.47 Å². The third-order valence-corrected chi connectivity index (χ3v) is 4.81. The van der Waals surface area contributed by atoms with E-state index in [9.17, 15) is 9.90 Å². The van der Waals surface area contributed by atoms with Crippen LogP contribution in [0.15, 0.2) is 47.8 Å². The fraction of sp³-hybridized carbons (Fsp3) is 0.222. The van der Waals surface area contributed by atoms with Crippen molar-refractivity contribution in [2.24, 2.45) is 0 Å². The zero-order valence-corrected chi connectivity index (χ0v) is 14.6. The van der Waals surface area contributed by atoms with Crippen LogP contribution in [-0.2, 0) is 11.3 Å². The van der Waals surface area contributed by atoms with Crippen molar-refractivity contribution >= 4 is 23.1 Å². The first kappa shape index (κ1) is 16.6. The highest BCUT2D eigenvalue weighted by Gasteiger charge is 2.28. The van der Waals surface area contributed by atoms with E-state index in [1.165, 1.54) is 0 Å². The molecule has 4 rings (SSSR count). The smallest absolute Gasteiger partial charge is 0.270 e. The molecule has 8 heteroatoms. The molecule has 0 bridgehead atoms. The van der Waals surface area contributed by atoms with Crippen LogP contribution in [-0.4, -0.2) is 40.1 Å². The molecular weight excluding hydrogens is 354 g/mol. The number of para-hydroxylation sites is 2. The lowest BCUT2D eigenvalue weighted by Gasteiger charge is -2.25. The van der Waals surface area contributed by atoms with Crippen molar-refractivity contribution < 1.29 is 19.4 Å². The van der Waals surface area contributed by atoms with Crippen molar-refractivity contribution in [3.63, 3.8) is 0 Å². The van der Waals surface area contributed by atoms with Crippen LogP contribution in [0.4, 0.5) is 5.82 Å². The van der Waals surface area contributed by atoms with Gasteiger partial charge in [-0.05, 0) is 23.6 Å². The second kappa shape index (κ2) is 7.19. The quantitative estimate of drug-likeness (QED) is 0.719. The van der Waals surface area contributed by atoms with Crippen LogP contribution in [0.5, 0.6) is 11.5 Å². The molecule has 2 N–H and O–H groups in total. The average Bonchev–Trinajstić information content (AvgIpc) is 3.32. The Morgan fingerprint density at radius 2 is 2.15 bits per heavy atom. The number of hydrogen-bond acceptors (Lipinski definition) is 6. The summed E-state index contributed by atoms with van der Waals surface area (Å²) >= 11 is 1.56. The van der Waals surface area contributed by atoms with Crippen LogP contribution in [0.25, 0.3) is 10.6 Å². The standard InChI is InChI=1S/C18H17N3O4S/c22-8-7-21-17(10-12(20-21)16-6-3-9-26-16)19-18(23)15-11-24-13-4-1-2-5-14(13)25-15/h1-6,9-10,15,22H,7-8,11H2,(H,19,23). The lowest BCUT2D eigenvalue weighted by molar-refractivity contribution is -0.125. The second-order valence-electron chi connectivity index (χ2n) is 5.69. The Balaban J connectivity index is 1.52. The first-order chi connectivity index (χ1) is 12.7. The Hall–Kier alpha value is -2.84. The molecule has 0 fully saturated rings. The fourth-order valence-corrected chi connectivity index (χ4v) is 3.36. The van der Waals surface area contributed by atoms with Crippen LogP contribution in [0, 0.1) is 0 Å². The molecule has 1 unspecified atom stereocenters. The number of amides is 1. The van der Waals surface area contributed by atoms with Crippen LogP contribution in [0.3, 0.4) is 0 Å².